The van der Waals surface area contributed by atoms with Gasteiger partial charge in [0.1, 0.15) is 6.04 Å². The minimum atomic E-state index is -0.641. The molecule has 0 fully saturated rings. The van der Waals surface area contributed by atoms with Gasteiger partial charge >= 0.3 is 5.97 Å². The van der Waals surface area contributed by atoms with Gasteiger partial charge in [-0.3, -0.25) is 14.9 Å². The Balaban J connectivity index is 0.00000324. The molecule has 1 rings (SSSR count). The second-order valence-electron chi connectivity index (χ2n) is 3.57. The third-order valence-electron chi connectivity index (χ3n) is 2.22. The largest absolute Gasteiger partial charge is 0.468 e. The number of carbonyl (C=O) groups excluding carboxylic acids is 1. The number of benzene rings is 1. The van der Waals surface area contributed by atoms with Crippen molar-refractivity contribution in [3.05, 3.63) is 39.9 Å². The van der Waals surface area contributed by atoms with Crippen molar-refractivity contribution in [1.82, 2.24) is 0 Å². The van der Waals surface area contributed by atoms with Crippen LogP contribution in [0.2, 0.25) is 0 Å². The topological polar surface area (TPSA) is 95.5 Å². The van der Waals surface area contributed by atoms with E-state index in [1.165, 1.54) is 31.0 Å². The number of ether oxygens (including phenoxy) is 1. The number of rotatable bonds is 6. The van der Waals surface area contributed by atoms with Gasteiger partial charge in [-0.2, -0.15) is 11.8 Å². The van der Waals surface area contributed by atoms with Crippen molar-refractivity contribution in [2.24, 2.45) is 5.73 Å². The number of thioether (sulfide) groups is 1. The fourth-order valence-electron chi connectivity index (χ4n) is 1.24. The standard InChI is InChI=1S/C11H14N2O4S.ClH/c1-17-11(14)10(12)7-18-6-8-2-4-9(5-3-8)13(15)16;/h2-5,10H,6-7,12H2,1H3;1H. The first-order valence-corrected chi connectivity index (χ1v) is 6.34. The second-order valence-corrected chi connectivity index (χ2v) is 4.60. The molecule has 1 aromatic carbocycles. The van der Waals surface area contributed by atoms with E-state index in [1.54, 1.807) is 12.1 Å². The summed E-state index contributed by atoms with van der Waals surface area (Å²) in [7, 11) is 1.29. The molecule has 1 aromatic rings. The number of nitro groups is 1. The Morgan fingerprint density at radius 1 is 1.47 bits per heavy atom. The van der Waals surface area contributed by atoms with E-state index in [-0.39, 0.29) is 18.1 Å². The first-order chi connectivity index (χ1) is 8.54. The number of hydrogen-bond acceptors (Lipinski definition) is 6. The zero-order chi connectivity index (χ0) is 13.5. The molecule has 0 aliphatic carbocycles. The minimum Gasteiger partial charge on any atom is -0.468 e. The summed E-state index contributed by atoms with van der Waals surface area (Å²) in [6, 6.07) is 5.65. The number of carbonyl (C=O) groups is 1. The highest BCUT2D eigenvalue weighted by atomic mass is 35.5. The molecule has 0 radical (unpaired) electrons. The van der Waals surface area contributed by atoms with Crippen LogP contribution in [0.5, 0.6) is 0 Å². The van der Waals surface area contributed by atoms with E-state index >= 15 is 0 Å². The predicted molar refractivity (Wildman–Crippen MR) is 76.5 cm³/mol. The van der Waals surface area contributed by atoms with Gasteiger partial charge in [0, 0.05) is 23.6 Å². The highest BCUT2D eigenvalue weighted by molar-refractivity contribution is 7.98. The molecule has 0 amide bonds. The summed E-state index contributed by atoms with van der Waals surface area (Å²) >= 11 is 1.48. The number of methoxy groups -OCH3 is 1. The van der Waals surface area contributed by atoms with Gasteiger partial charge < -0.3 is 10.5 Å². The zero-order valence-corrected chi connectivity index (χ0v) is 11.9. The van der Waals surface area contributed by atoms with Gasteiger partial charge in [0.2, 0.25) is 0 Å². The van der Waals surface area contributed by atoms with E-state index in [1.807, 2.05) is 0 Å². The zero-order valence-electron chi connectivity index (χ0n) is 10.3. The van der Waals surface area contributed by atoms with E-state index in [9.17, 15) is 14.9 Å². The molecule has 1 unspecified atom stereocenters. The van der Waals surface area contributed by atoms with Crippen LogP contribution in [0, 0.1) is 10.1 Å². The van der Waals surface area contributed by atoms with Gasteiger partial charge in [0.05, 0.1) is 12.0 Å². The quantitative estimate of drug-likeness (QED) is 0.489. The normalized spacial score (nSPS) is 11.3. The molecular formula is C11H15ClN2O4S. The van der Waals surface area contributed by atoms with Crippen LogP contribution in [0.3, 0.4) is 0 Å². The van der Waals surface area contributed by atoms with Crippen LogP contribution in [0.4, 0.5) is 5.69 Å². The van der Waals surface area contributed by atoms with E-state index in [0.29, 0.717) is 11.5 Å². The van der Waals surface area contributed by atoms with Crippen molar-refractivity contribution in [1.29, 1.82) is 0 Å². The number of nitro benzene ring substituents is 1. The summed E-state index contributed by atoms with van der Waals surface area (Å²) in [5, 5.41) is 10.5. The maximum Gasteiger partial charge on any atom is 0.323 e. The molecule has 0 saturated carbocycles. The van der Waals surface area contributed by atoms with Crippen LogP contribution in [0.1, 0.15) is 5.56 Å². The number of nitrogens with two attached hydrogens (primary N) is 1. The van der Waals surface area contributed by atoms with Gasteiger partial charge in [0.25, 0.3) is 5.69 Å². The van der Waals surface area contributed by atoms with Crippen LogP contribution in [0.25, 0.3) is 0 Å². The molecule has 0 aliphatic rings. The summed E-state index contributed by atoms with van der Waals surface area (Å²) < 4.78 is 4.50. The van der Waals surface area contributed by atoms with Crippen molar-refractivity contribution in [2.45, 2.75) is 11.8 Å². The number of nitrogens with zero attached hydrogens (tertiary/aromatic N) is 1. The highest BCUT2D eigenvalue weighted by Gasteiger charge is 2.13. The molecule has 6 nitrogen and oxygen atoms in total. The molecule has 0 heterocycles. The van der Waals surface area contributed by atoms with Gasteiger partial charge in [0.15, 0.2) is 0 Å². The summed E-state index contributed by atoms with van der Waals surface area (Å²) in [5.41, 5.74) is 6.58. The van der Waals surface area contributed by atoms with Crippen molar-refractivity contribution < 1.29 is 14.5 Å². The third-order valence-corrected chi connectivity index (χ3v) is 3.35. The number of esters is 1. The van der Waals surface area contributed by atoms with Gasteiger partial charge in [-0.15, -0.1) is 12.4 Å². The number of non-ortho nitro benzene ring substituents is 1. The lowest BCUT2D eigenvalue weighted by Crippen LogP contribution is -2.33. The highest BCUT2D eigenvalue weighted by Crippen LogP contribution is 2.17. The SMILES string of the molecule is COC(=O)C(N)CSCc1ccc([N+](=O)[O-])cc1.Cl. The van der Waals surface area contributed by atoms with Crippen molar-refractivity contribution in [3.63, 3.8) is 0 Å². The fourth-order valence-corrected chi connectivity index (χ4v) is 2.17. The molecule has 1 atom stereocenters. The van der Waals surface area contributed by atoms with E-state index in [2.05, 4.69) is 4.74 Å². The first-order valence-electron chi connectivity index (χ1n) is 5.19. The Bertz CT molecular complexity index is 427. The molecule has 0 saturated heterocycles. The third kappa shape index (κ3) is 5.91. The molecule has 8 heteroatoms. The Labute approximate surface area is 121 Å². The summed E-state index contributed by atoms with van der Waals surface area (Å²) in [4.78, 5) is 21.1. The fraction of sp³-hybridized carbons (Fsp3) is 0.364. The molecule has 19 heavy (non-hydrogen) atoms. The maximum absolute atomic E-state index is 11.0. The average Bonchev–Trinajstić information content (AvgIpc) is 2.38. The van der Waals surface area contributed by atoms with Crippen LogP contribution in [0.15, 0.2) is 24.3 Å². The maximum atomic E-state index is 11.0. The second kappa shape index (κ2) is 8.73. The Morgan fingerprint density at radius 3 is 2.53 bits per heavy atom. The lowest BCUT2D eigenvalue weighted by atomic mass is 10.2. The monoisotopic (exact) mass is 306 g/mol. The van der Waals surface area contributed by atoms with Crippen molar-refractivity contribution in [2.75, 3.05) is 12.9 Å². The van der Waals surface area contributed by atoms with Crippen LogP contribution in [-0.4, -0.2) is 29.8 Å². The van der Waals surface area contributed by atoms with Crippen molar-refractivity contribution in [3.8, 4) is 0 Å². The minimum absolute atomic E-state index is 0. The Hall–Kier alpha value is -1.31. The summed E-state index contributed by atoms with van der Waals surface area (Å²) in [6.45, 7) is 0. The number of hydrogen-bond donors (Lipinski definition) is 1. The van der Waals surface area contributed by atoms with Gasteiger partial charge in [-0.25, -0.2) is 0 Å². The van der Waals surface area contributed by atoms with Crippen LogP contribution >= 0.6 is 24.2 Å². The molecular weight excluding hydrogens is 292 g/mol. The number of halogens is 1. The molecule has 106 valence electrons. The van der Waals surface area contributed by atoms with E-state index < -0.39 is 16.9 Å². The first kappa shape index (κ1) is 17.7. The molecule has 0 spiro atoms. The van der Waals surface area contributed by atoms with Crippen molar-refractivity contribution >= 4 is 35.8 Å². The average molecular weight is 307 g/mol. The Morgan fingerprint density at radius 2 is 2.05 bits per heavy atom. The van der Waals surface area contributed by atoms with Gasteiger partial charge in [-0.1, -0.05) is 12.1 Å². The molecule has 0 aromatic heterocycles. The summed E-state index contributed by atoms with van der Waals surface area (Å²) in [5.74, 6) is 0.651. The summed E-state index contributed by atoms with van der Waals surface area (Å²) in [6.07, 6.45) is 0. The Kier molecular flexibility index (Phi) is 8.13. The smallest absolute Gasteiger partial charge is 0.323 e. The molecule has 2 N–H and O–H groups in total. The van der Waals surface area contributed by atoms with Crippen LogP contribution in [-0.2, 0) is 15.3 Å². The van der Waals surface area contributed by atoms with E-state index in [4.69, 9.17) is 5.73 Å². The van der Waals surface area contributed by atoms with E-state index in [0.717, 1.165) is 5.56 Å². The van der Waals surface area contributed by atoms with Gasteiger partial charge in [-0.05, 0) is 5.56 Å². The lowest BCUT2D eigenvalue weighted by Gasteiger charge is -2.08. The lowest BCUT2D eigenvalue weighted by molar-refractivity contribution is -0.384. The molecule has 0 bridgehead atoms. The molecule has 0 aliphatic heterocycles. The van der Waals surface area contributed by atoms with Crippen LogP contribution < -0.4 is 5.73 Å². The predicted octanol–water partition coefficient (Wildman–Crippen LogP) is 1.75.